The lowest BCUT2D eigenvalue weighted by Gasteiger charge is -2.23. The van der Waals surface area contributed by atoms with Crippen LogP contribution in [0.5, 0.6) is 0 Å². The fraction of sp³-hybridized carbons (Fsp3) is 0.188. The van der Waals surface area contributed by atoms with E-state index in [0.717, 1.165) is 32.8 Å². The van der Waals surface area contributed by atoms with Crippen molar-refractivity contribution in [1.82, 2.24) is 4.40 Å². The molecule has 0 spiro atoms. The summed E-state index contributed by atoms with van der Waals surface area (Å²) in [5, 5.41) is 18.9. The Balaban J connectivity index is 2.01. The molecule has 35 heavy (non-hydrogen) atoms. The normalized spacial score (nSPS) is 12.7. The first-order valence-electron chi connectivity index (χ1n) is 12.2. The fourth-order valence-electron chi connectivity index (χ4n) is 6.35. The molecule has 0 aliphatic carbocycles. The molecule has 4 aromatic carbocycles. The molecule has 7 aromatic rings. The van der Waals surface area contributed by atoms with Crippen molar-refractivity contribution in [3.63, 3.8) is 0 Å². The Bertz CT molecular complexity index is 2060. The Labute approximate surface area is 203 Å². The van der Waals surface area contributed by atoms with Crippen molar-refractivity contribution in [2.75, 3.05) is 0 Å². The van der Waals surface area contributed by atoms with Crippen molar-refractivity contribution in [3.05, 3.63) is 83.6 Å². The minimum Gasteiger partial charge on any atom is -0.306 e. The predicted octanol–water partition coefficient (Wildman–Crippen LogP) is 7.45. The van der Waals surface area contributed by atoms with Gasteiger partial charge in [-0.2, -0.15) is 5.26 Å². The van der Waals surface area contributed by atoms with Crippen LogP contribution in [0.25, 0.3) is 59.8 Å². The number of fused-ring (bicyclic) bond motifs is 7. The van der Waals surface area contributed by atoms with Gasteiger partial charge in [0.25, 0.3) is 0 Å². The summed E-state index contributed by atoms with van der Waals surface area (Å²) < 4.78 is 4.63. The summed E-state index contributed by atoms with van der Waals surface area (Å²) >= 11 is 0. The molecule has 0 bridgehead atoms. The Morgan fingerprint density at radius 3 is 2.23 bits per heavy atom. The molecule has 168 valence electrons. The molecule has 0 aliphatic rings. The summed E-state index contributed by atoms with van der Waals surface area (Å²) in [6.45, 7) is 9.09. The maximum absolute atomic E-state index is 10.6. The van der Waals surface area contributed by atoms with E-state index in [1.165, 1.54) is 43.7 Å². The standard InChI is InChI=1S/C32H26N3/c1-18-20-10-6-7-11-21(20)23(17-33)29-26(18)30-27-19(14-15-34(30)5)16-24(32(2,3)4)28-22-12-8-9-13-25(22)35(29)31(27)28/h6-16H,1-5H3/q+1. The van der Waals surface area contributed by atoms with Crippen LogP contribution in [0.2, 0.25) is 0 Å². The number of nitrogens with zero attached hydrogens (tertiary/aromatic N) is 3. The van der Waals surface area contributed by atoms with Crippen LogP contribution in [0.4, 0.5) is 0 Å². The average Bonchev–Trinajstić information content (AvgIpc) is 3.19. The lowest BCUT2D eigenvalue weighted by atomic mass is 9.82. The maximum atomic E-state index is 10.6. The lowest BCUT2D eigenvalue weighted by molar-refractivity contribution is -0.643. The Morgan fingerprint density at radius 2 is 1.51 bits per heavy atom. The molecule has 0 fully saturated rings. The van der Waals surface area contributed by atoms with Gasteiger partial charge < -0.3 is 4.40 Å². The summed E-state index contributed by atoms with van der Waals surface area (Å²) in [4.78, 5) is 0. The highest BCUT2D eigenvalue weighted by molar-refractivity contribution is 6.30. The molecule has 0 saturated carbocycles. The van der Waals surface area contributed by atoms with Crippen molar-refractivity contribution in [3.8, 4) is 6.07 Å². The van der Waals surface area contributed by atoms with Gasteiger partial charge >= 0.3 is 0 Å². The van der Waals surface area contributed by atoms with Crippen LogP contribution >= 0.6 is 0 Å². The van der Waals surface area contributed by atoms with Crippen LogP contribution in [0, 0.1) is 18.3 Å². The monoisotopic (exact) mass is 452 g/mol. The molecule has 0 unspecified atom stereocenters. The molecule has 3 heteroatoms. The second-order valence-corrected chi connectivity index (χ2v) is 10.9. The van der Waals surface area contributed by atoms with Gasteiger partial charge in [-0.05, 0) is 46.4 Å². The average molecular weight is 453 g/mol. The third kappa shape index (κ3) is 2.37. The van der Waals surface area contributed by atoms with Crippen LogP contribution in [0.1, 0.15) is 37.5 Å². The molecule has 0 aliphatic heterocycles. The topological polar surface area (TPSA) is 32.1 Å². The van der Waals surface area contributed by atoms with E-state index >= 15 is 0 Å². The number of aromatic nitrogens is 2. The Kier molecular flexibility index (Phi) is 3.75. The van der Waals surface area contributed by atoms with Crippen LogP contribution in [0.15, 0.2) is 66.9 Å². The first-order valence-corrected chi connectivity index (χ1v) is 12.2. The highest BCUT2D eigenvalue weighted by Crippen LogP contribution is 2.46. The van der Waals surface area contributed by atoms with Crippen molar-refractivity contribution < 1.29 is 4.57 Å². The Hall–Kier alpha value is -4.16. The number of hydrogen-bond donors (Lipinski definition) is 0. The molecule has 0 atom stereocenters. The molecular weight excluding hydrogens is 426 g/mol. The smallest absolute Gasteiger partial charge is 0.224 e. The summed E-state index contributed by atoms with van der Waals surface area (Å²) in [6, 6.07) is 24.3. The van der Waals surface area contributed by atoms with Crippen molar-refractivity contribution in [1.29, 1.82) is 5.26 Å². The van der Waals surface area contributed by atoms with Crippen molar-refractivity contribution in [2.45, 2.75) is 33.1 Å². The number of benzene rings is 4. The largest absolute Gasteiger partial charge is 0.306 e. The molecule has 7 rings (SSSR count). The molecular formula is C32H26N3+. The fourth-order valence-corrected chi connectivity index (χ4v) is 6.35. The molecule has 0 radical (unpaired) electrons. The van der Waals surface area contributed by atoms with Gasteiger partial charge in [-0.15, -0.1) is 0 Å². The van der Waals surface area contributed by atoms with Crippen LogP contribution in [-0.4, -0.2) is 4.40 Å². The summed E-state index contributed by atoms with van der Waals surface area (Å²) in [6.07, 6.45) is 2.17. The minimum atomic E-state index is -0.0288. The second kappa shape index (κ2) is 6.49. The van der Waals surface area contributed by atoms with E-state index < -0.39 is 0 Å². The van der Waals surface area contributed by atoms with E-state index in [1.54, 1.807) is 0 Å². The summed E-state index contributed by atoms with van der Waals surface area (Å²) in [5.74, 6) is 0. The van der Waals surface area contributed by atoms with Gasteiger partial charge in [0.2, 0.25) is 5.52 Å². The van der Waals surface area contributed by atoms with Gasteiger partial charge in [-0.1, -0.05) is 63.2 Å². The molecule has 0 amide bonds. The number of hydrogen-bond acceptors (Lipinski definition) is 1. The summed E-state index contributed by atoms with van der Waals surface area (Å²) in [7, 11) is 2.13. The third-order valence-electron chi connectivity index (χ3n) is 7.87. The molecule has 0 N–H and O–H groups in total. The highest BCUT2D eigenvalue weighted by atomic mass is 15.0. The van der Waals surface area contributed by atoms with E-state index in [2.05, 4.69) is 111 Å². The molecule has 3 heterocycles. The number of nitriles is 1. The SMILES string of the molecule is Cc1c2ccccc2c(C#N)c2c1c1c3c(cc[n+]1C)cc(C(C)(C)C)c1c4ccccc4n2c13. The molecule has 3 nitrogen and oxygen atoms in total. The van der Waals surface area contributed by atoms with E-state index in [9.17, 15) is 5.26 Å². The number of aryl methyl sites for hydroxylation is 2. The van der Waals surface area contributed by atoms with Crippen LogP contribution in [0.3, 0.4) is 0 Å². The lowest BCUT2D eigenvalue weighted by Crippen LogP contribution is -2.29. The van der Waals surface area contributed by atoms with Gasteiger partial charge in [-0.3, -0.25) is 0 Å². The van der Waals surface area contributed by atoms with E-state index in [-0.39, 0.29) is 5.41 Å². The van der Waals surface area contributed by atoms with Gasteiger partial charge in [0.1, 0.15) is 13.1 Å². The number of para-hydroxylation sites is 1. The molecule has 3 aromatic heterocycles. The third-order valence-corrected chi connectivity index (χ3v) is 7.87. The summed E-state index contributed by atoms with van der Waals surface area (Å²) in [5.41, 5.74) is 7.85. The quantitative estimate of drug-likeness (QED) is 0.134. The van der Waals surface area contributed by atoms with Crippen molar-refractivity contribution in [2.24, 2.45) is 7.05 Å². The zero-order valence-electron chi connectivity index (χ0n) is 20.7. The number of pyridine rings is 2. The van der Waals surface area contributed by atoms with Gasteiger partial charge in [0, 0.05) is 22.2 Å². The van der Waals surface area contributed by atoms with Crippen LogP contribution in [-0.2, 0) is 12.5 Å². The first kappa shape index (κ1) is 20.2. The highest BCUT2D eigenvalue weighted by Gasteiger charge is 2.30. The zero-order chi connectivity index (χ0) is 24.2. The predicted molar refractivity (Wildman–Crippen MR) is 145 cm³/mol. The Morgan fingerprint density at radius 1 is 0.829 bits per heavy atom. The van der Waals surface area contributed by atoms with E-state index in [0.29, 0.717) is 0 Å². The minimum absolute atomic E-state index is 0.0288. The van der Waals surface area contributed by atoms with Gasteiger partial charge in [-0.25, -0.2) is 4.57 Å². The first-order chi connectivity index (χ1) is 16.8. The molecule has 0 saturated heterocycles. The van der Waals surface area contributed by atoms with E-state index in [1.807, 2.05) is 6.07 Å². The van der Waals surface area contributed by atoms with Crippen LogP contribution < -0.4 is 4.57 Å². The zero-order valence-corrected chi connectivity index (χ0v) is 20.7. The maximum Gasteiger partial charge on any atom is 0.224 e. The van der Waals surface area contributed by atoms with E-state index in [4.69, 9.17) is 0 Å². The van der Waals surface area contributed by atoms with Gasteiger partial charge in [0.05, 0.1) is 32.9 Å². The van der Waals surface area contributed by atoms with Crippen molar-refractivity contribution >= 4 is 59.8 Å². The number of rotatable bonds is 0. The second-order valence-electron chi connectivity index (χ2n) is 10.9. The van der Waals surface area contributed by atoms with Gasteiger partial charge in [0.15, 0.2) is 6.20 Å².